The molecule has 2 fully saturated rings. The number of hydrogen-bond acceptors (Lipinski definition) is 4. The molecule has 0 spiro atoms. The molecule has 124 valence electrons. The molecule has 0 bridgehead atoms. The van der Waals surface area contributed by atoms with E-state index in [9.17, 15) is 27.6 Å². The molecule has 1 aliphatic carbocycles. The topological polar surface area (TPSA) is 72.3 Å². The highest BCUT2D eigenvalue weighted by Gasteiger charge is 2.61. The first-order chi connectivity index (χ1) is 11.2. The molecule has 4 rings (SSSR count). The van der Waals surface area contributed by atoms with Crippen molar-refractivity contribution in [1.29, 1.82) is 0 Å². The van der Waals surface area contributed by atoms with Crippen LogP contribution in [0.3, 0.4) is 0 Å². The lowest BCUT2D eigenvalue weighted by Gasteiger charge is -2.23. The standard InChI is InChI=1S/C15H10F3N3O3/c1-6-2-3-10-9(4-6)13(24)21(14(19-10)15(16,17)18)20-11(22)7-5-8(7)12(20)23/h2-4,7-8H,5H2,1H3/t7-,8-/m0/s1. The fraction of sp³-hybridized carbons (Fsp3) is 0.333. The Morgan fingerprint density at radius 3 is 2.33 bits per heavy atom. The van der Waals surface area contributed by atoms with Gasteiger partial charge in [0.15, 0.2) is 0 Å². The normalized spacial score (nSPS) is 23.1. The van der Waals surface area contributed by atoms with Crippen molar-refractivity contribution in [2.24, 2.45) is 11.8 Å². The number of carbonyl (C=O) groups excluding carboxylic acids is 2. The van der Waals surface area contributed by atoms with Gasteiger partial charge in [-0.3, -0.25) is 14.4 Å². The van der Waals surface area contributed by atoms with E-state index in [0.29, 0.717) is 17.0 Å². The number of piperidine rings is 1. The minimum absolute atomic E-state index is 0.0795. The Morgan fingerprint density at radius 1 is 1.12 bits per heavy atom. The maximum Gasteiger partial charge on any atom is 0.451 e. The quantitative estimate of drug-likeness (QED) is 0.737. The van der Waals surface area contributed by atoms with Crippen LogP contribution < -0.4 is 10.6 Å². The van der Waals surface area contributed by atoms with Gasteiger partial charge in [0, 0.05) is 0 Å². The summed E-state index contributed by atoms with van der Waals surface area (Å²) >= 11 is 0. The molecule has 1 aromatic carbocycles. The van der Waals surface area contributed by atoms with Crippen molar-refractivity contribution in [3.05, 3.63) is 39.9 Å². The van der Waals surface area contributed by atoms with Crippen LogP contribution in [0.4, 0.5) is 13.2 Å². The summed E-state index contributed by atoms with van der Waals surface area (Å²) in [6.07, 6.45) is -4.67. The Kier molecular flexibility index (Phi) is 2.74. The molecule has 1 saturated heterocycles. The monoisotopic (exact) mass is 337 g/mol. The highest BCUT2D eigenvalue weighted by Crippen LogP contribution is 2.46. The van der Waals surface area contributed by atoms with Gasteiger partial charge in [0.2, 0.25) is 5.82 Å². The van der Waals surface area contributed by atoms with Crippen LogP contribution in [0.5, 0.6) is 0 Å². The summed E-state index contributed by atoms with van der Waals surface area (Å²) < 4.78 is 40.2. The first-order valence-electron chi connectivity index (χ1n) is 7.19. The Bertz CT molecular complexity index is 960. The molecule has 2 aromatic rings. The van der Waals surface area contributed by atoms with E-state index in [1.54, 1.807) is 6.92 Å². The van der Waals surface area contributed by atoms with Crippen molar-refractivity contribution >= 4 is 22.7 Å². The molecular weight excluding hydrogens is 327 g/mol. The van der Waals surface area contributed by atoms with Crippen molar-refractivity contribution in [2.45, 2.75) is 19.5 Å². The van der Waals surface area contributed by atoms with Crippen molar-refractivity contribution in [3.63, 3.8) is 0 Å². The maximum absolute atomic E-state index is 13.4. The first-order valence-corrected chi connectivity index (χ1v) is 7.19. The Balaban J connectivity index is 2.06. The zero-order chi connectivity index (χ0) is 17.4. The Labute approximate surface area is 132 Å². The van der Waals surface area contributed by atoms with E-state index in [1.165, 1.54) is 18.2 Å². The van der Waals surface area contributed by atoms with Gasteiger partial charge < -0.3 is 0 Å². The van der Waals surface area contributed by atoms with Gasteiger partial charge in [0.25, 0.3) is 17.4 Å². The predicted molar refractivity (Wildman–Crippen MR) is 75.6 cm³/mol. The van der Waals surface area contributed by atoms with Gasteiger partial charge in [-0.2, -0.15) is 22.9 Å². The van der Waals surface area contributed by atoms with Gasteiger partial charge in [-0.1, -0.05) is 11.6 Å². The number of aryl methyl sites for hydroxylation is 1. The second-order valence-electron chi connectivity index (χ2n) is 6.01. The van der Waals surface area contributed by atoms with Gasteiger partial charge in [-0.05, 0) is 25.5 Å². The van der Waals surface area contributed by atoms with Crippen molar-refractivity contribution in [2.75, 3.05) is 5.01 Å². The van der Waals surface area contributed by atoms with E-state index in [1.807, 2.05) is 0 Å². The zero-order valence-electron chi connectivity index (χ0n) is 12.3. The maximum atomic E-state index is 13.4. The van der Waals surface area contributed by atoms with Crippen molar-refractivity contribution < 1.29 is 22.8 Å². The average molecular weight is 337 g/mol. The Morgan fingerprint density at radius 2 is 1.75 bits per heavy atom. The molecule has 2 heterocycles. The summed E-state index contributed by atoms with van der Waals surface area (Å²) in [6, 6.07) is 4.21. The van der Waals surface area contributed by atoms with Crippen LogP contribution in [0.25, 0.3) is 10.9 Å². The minimum atomic E-state index is -4.99. The second kappa shape index (κ2) is 4.43. The fourth-order valence-electron chi connectivity index (χ4n) is 3.02. The van der Waals surface area contributed by atoms with E-state index in [4.69, 9.17) is 0 Å². The van der Waals surface area contributed by atoms with Crippen molar-refractivity contribution in [1.82, 2.24) is 9.66 Å². The molecule has 2 atom stereocenters. The SMILES string of the molecule is Cc1ccc2nc(C(F)(F)F)n(N3C(=O)[C@H]4C[C@@H]4C3=O)c(=O)c2c1. The second-order valence-corrected chi connectivity index (χ2v) is 6.01. The molecule has 1 aliphatic heterocycles. The predicted octanol–water partition coefficient (Wildman–Crippen LogP) is 1.36. The van der Waals surface area contributed by atoms with E-state index in [0.717, 1.165) is 0 Å². The lowest BCUT2D eigenvalue weighted by atomic mass is 10.1. The largest absolute Gasteiger partial charge is 0.451 e. The van der Waals surface area contributed by atoms with Crippen LogP contribution in [0.2, 0.25) is 0 Å². The summed E-state index contributed by atoms with van der Waals surface area (Å²) in [6.45, 7) is 1.67. The number of aromatic nitrogens is 2. The highest BCUT2D eigenvalue weighted by atomic mass is 19.4. The summed E-state index contributed by atoms with van der Waals surface area (Å²) in [5.74, 6) is -4.40. The molecule has 1 saturated carbocycles. The molecule has 24 heavy (non-hydrogen) atoms. The third kappa shape index (κ3) is 1.90. The third-order valence-electron chi connectivity index (χ3n) is 4.30. The molecule has 2 aliphatic rings. The molecule has 0 unspecified atom stereocenters. The molecular formula is C15H10F3N3O3. The van der Waals surface area contributed by atoms with Crippen LogP contribution in [0.1, 0.15) is 17.8 Å². The summed E-state index contributed by atoms with van der Waals surface area (Å²) in [5.41, 5.74) is -0.577. The number of fused-ring (bicyclic) bond motifs is 2. The average Bonchev–Trinajstić information content (AvgIpc) is 3.24. The smallest absolute Gasteiger partial charge is 0.272 e. The number of carbonyl (C=O) groups is 2. The molecule has 1 aromatic heterocycles. The number of amides is 2. The summed E-state index contributed by atoms with van der Waals surface area (Å²) in [4.78, 5) is 40.4. The fourth-order valence-corrected chi connectivity index (χ4v) is 3.02. The Hall–Kier alpha value is -2.71. The molecule has 9 heteroatoms. The molecule has 0 N–H and O–H groups in total. The van der Waals surface area contributed by atoms with Crippen LogP contribution in [-0.2, 0) is 15.8 Å². The lowest BCUT2D eigenvalue weighted by Crippen LogP contribution is -2.51. The molecule has 0 radical (unpaired) electrons. The van der Waals surface area contributed by atoms with Gasteiger partial charge >= 0.3 is 6.18 Å². The minimum Gasteiger partial charge on any atom is -0.272 e. The first kappa shape index (κ1) is 14.9. The number of rotatable bonds is 1. The van der Waals surface area contributed by atoms with E-state index >= 15 is 0 Å². The molecule has 2 amide bonds. The van der Waals surface area contributed by atoms with E-state index < -0.39 is 41.2 Å². The summed E-state index contributed by atoms with van der Waals surface area (Å²) in [7, 11) is 0. The van der Waals surface area contributed by atoms with Crippen LogP contribution in [0.15, 0.2) is 23.0 Å². The number of alkyl halides is 3. The van der Waals surface area contributed by atoms with Gasteiger partial charge in [-0.25, -0.2) is 4.98 Å². The third-order valence-corrected chi connectivity index (χ3v) is 4.30. The van der Waals surface area contributed by atoms with Crippen LogP contribution in [0, 0.1) is 18.8 Å². The lowest BCUT2D eigenvalue weighted by molar-refractivity contribution is -0.149. The number of nitrogens with zero attached hydrogens (tertiary/aromatic N) is 3. The number of halogens is 3. The number of imide groups is 1. The molecule has 6 nitrogen and oxygen atoms in total. The van der Waals surface area contributed by atoms with E-state index in [-0.39, 0.29) is 15.6 Å². The van der Waals surface area contributed by atoms with Gasteiger partial charge in [0.05, 0.1) is 22.7 Å². The van der Waals surface area contributed by atoms with Crippen molar-refractivity contribution in [3.8, 4) is 0 Å². The van der Waals surface area contributed by atoms with E-state index in [2.05, 4.69) is 4.98 Å². The zero-order valence-corrected chi connectivity index (χ0v) is 12.3. The highest BCUT2D eigenvalue weighted by molar-refractivity contribution is 6.19. The van der Waals surface area contributed by atoms with Gasteiger partial charge in [0.1, 0.15) is 0 Å². The van der Waals surface area contributed by atoms with Crippen LogP contribution in [-0.4, -0.2) is 21.5 Å². The number of benzene rings is 1. The summed E-state index contributed by atoms with van der Waals surface area (Å²) in [5, 5.41) is 0.225. The number of hydrogen-bond donors (Lipinski definition) is 0. The van der Waals surface area contributed by atoms with Crippen LogP contribution >= 0.6 is 0 Å². The van der Waals surface area contributed by atoms with Gasteiger partial charge in [-0.15, -0.1) is 0 Å².